The number of Topliss-reactive ketones (excluding diaryl/α,β-unsaturated/α-hetero) is 1. The molecule has 0 bridgehead atoms. The molecule has 2 aromatic rings. The fourth-order valence-corrected chi connectivity index (χ4v) is 4.21. The normalized spacial score (nSPS) is 17.5. The Morgan fingerprint density at radius 2 is 1.86 bits per heavy atom. The van der Waals surface area contributed by atoms with Crippen LogP contribution < -0.4 is 14.2 Å². The van der Waals surface area contributed by atoms with E-state index in [4.69, 9.17) is 14.2 Å². The Balaban J connectivity index is 1.53. The van der Waals surface area contributed by atoms with E-state index < -0.39 is 5.60 Å². The summed E-state index contributed by atoms with van der Waals surface area (Å²) in [6.45, 7) is 3.08. The van der Waals surface area contributed by atoms with E-state index >= 15 is 0 Å². The van der Waals surface area contributed by atoms with Gasteiger partial charge in [0, 0.05) is 43.6 Å². The van der Waals surface area contributed by atoms with Crippen LogP contribution in [0.1, 0.15) is 45.5 Å². The number of likely N-dealkylation sites (tertiary alicyclic amines) is 1. The van der Waals surface area contributed by atoms with Gasteiger partial charge in [0.1, 0.15) is 28.4 Å². The molecule has 0 aromatic heterocycles. The molecule has 2 aromatic carbocycles. The van der Waals surface area contributed by atoms with Gasteiger partial charge in [0.25, 0.3) is 5.91 Å². The molecule has 0 unspecified atom stereocenters. The zero-order valence-electron chi connectivity index (χ0n) is 17.0. The molecule has 0 N–H and O–H groups in total. The first kappa shape index (κ1) is 19.3. The quantitative estimate of drug-likeness (QED) is 0.794. The highest BCUT2D eigenvalue weighted by molar-refractivity contribution is 6.03. The second-order valence-corrected chi connectivity index (χ2v) is 7.75. The predicted molar refractivity (Wildman–Crippen MR) is 108 cm³/mol. The first-order valence-electron chi connectivity index (χ1n) is 9.79. The number of benzene rings is 2. The average molecular weight is 395 g/mol. The highest BCUT2D eigenvalue weighted by Gasteiger charge is 2.45. The van der Waals surface area contributed by atoms with Gasteiger partial charge in [-0.1, -0.05) is 17.7 Å². The fraction of sp³-hybridized carbons (Fsp3) is 0.391. The number of amides is 1. The van der Waals surface area contributed by atoms with Gasteiger partial charge in [-0.2, -0.15) is 0 Å². The van der Waals surface area contributed by atoms with Crippen molar-refractivity contribution >= 4 is 11.7 Å². The number of rotatable bonds is 3. The van der Waals surface area contributed by atoms with Crippen molar-refractivity contribution in [2.75, 3.05) is 27.3 Å². The van der Waals surface area contributed by atoms with Crippen molar-refractivity contribution in [3.05, 3.63) is 53.1 Å². The summed E-state index contributed by atoms with van der Waals surface area (Å²) in [6.07, 6.45) is 1.50. The van der Waals surface area contributed by atoms with E-state index in [9.17, 15) is 9.59 Å². The summed E-state index contributed by atoms with van der Waals surface area (Å²) >= 11 is 0. The summed E-state index contributed by atoms with van der Waals surface area (Å²) < 4.78 is 17.0. The lowest BCUT2D eigenvalue weighted by Gasteiger charge is -2.44. The van der Waals surface area contributed by atoms with Crippen LogP contribution in [0.2, 0.25) is 0 Å². The van der Waals surface area contributed by atoms with Gasteiger partial charge < -0.3 is 19.1 Å². The number of ketones is 1. The van der Waals surface area contributed by atoms with Crippen molar-refractivity contribution in [2.24, 2.45) is 0 Å². The molecule has 29 heavy (non-hydrogen) atoms. The summed E-state index contributed by atoms with van der Waals surface area (Å²) in [7, 11) is 3.10. The third-order valence-electron chi connectivity index (χ3n) is 5.81. The first-order valence-corrected chi connectivity index (χ1v) is 9.79. The van der Waals surface area contributed by atoms with Crippen molar-refractivity contribution in [1.29, 1.82) is 0 Å². The zero-order chi connectivity index (χ0) is 20.6. The lowest BCUT2D eigenvalue weighted by Crippen LogP contribution is -2.52. The van der Waals surface area contributed by atoms with Crippen LogP contribution in [-0.4, -0.2) is 49.5 Å². The summed E-state index contributed by atoms with van der Waals surface area (Å²) in [5.41, 5.74) is 1.63. The number of nitrogens with zero attached hydrogens (tertiary/aromatic N) is 1. The standard InChI is InChI=1S/C23H25NO5/c1-15-5-4-6-16(11-15)22(26)24-9-7-23(8-10-24)14-18(25)21-19(28-3)12-17(27-2)13-20(21)29-23/h4-6,11-13H,7-10,14H2,1-3H3. The van der Waals surface area contributed by atoms with Crippen molar-refractivity contribution in [3.8, 4) is 17.2 Å². The predicted octanol–water partition coefficient (Wildman–Crippen LogP) is 3.65. The molecule has 2 heterocycles. The van der Waals surface area contributed by atoms with Gasteiger partial charge in [-0.05, 0) is 19.1 Å². The van der Waals surface area contributed by atoms with Gasteiger partial charge in [0.15, 0.2) is 5.78 Å². The highest BCUT2D eigenvalue weighted by Crippen LogP contribution is 2.44. The Hall–Kier alpha value is -3.02. The van der Waals surface area contributed by atoms with Gasteiger partial charge in [-0.3, -0.25) is 9.59 Å². The van der Waals surface area contributed by atoms with E-state index in [1.54, 1.807) is 19.2 Å². The Morgan fingerprint density at radius 1 is 1.10 bits per heavy atom. The Morgan fingerprint density at radius 3 is 2.52 bits per heavy atom. The summed E-state index contributed by atoms with van der Waals surface area (Å²) in [5, 5.41) is 0. The van der Waals surface area contributed by atoms with E-state index in [-0.39, 0.29) is 18.1 Å². The van der Waals surface area contributed by atoms with Crippen LogP contribution >= 0.6 is 0 Å². The maximum Gasteiger partial charge on any atom is 0.253 e. The summed E-state index contributed by atoms with van der Waals surface area (Å²) in [4.78, 5) is 27.6. The van der Waals surface area contributed by atoms with Crippen LogP contribution in [0.15, 0.2) is 36.4 Å². The van der Waals surface area contributed by atoms with Crippen molar-refractivity contribution in [1.82, 2.24) is 4.90 Å². The fourth-order valence-electron chi connectivity index (χ4n) is 4.21. The van der Waals surface area contributed by atoms with Gasteiger partial charge >= 0.3 is 0 Å². The number of ether oxygens (including phenoxy) is 3. The largest absolute Gasteiger partial charge is 0.496 e. The molecule has 1 fully saturated rings. The topological polar surface area (TPSA) is 65.1 Å². The van der Waals surface area contributed by atoms with Crippen LogP contribution in [-0.2, 0) is 0 Å². The SMILES string of the molecule is COc1cc(OC)c2c(c1)OC1(CCN(C(=O)c3cccc(C)c3)CC1)CC2=O. The Bertz CT molecular complexity index is 960. The second kappa shape index (κ2) is 7.43. The van der Waals surface area contributed by atoms with E-state index in [1.807, 2.05) is 36.1 Å². The number of hydrogen-bond acceptors (Lipinski definition) is 5. The lowest BCUT2D eigenvalue weighted by molar-refractivity contribution is -0.00610. The highest BCUT2D eigenvalue weighted by atomic mass is 16.5. The van der Waals surface area contributed by atoms with Gasteiger partial charge in [-0.15, -0.1) is 0 Å². The molecular weight excluding hydrogens is 370 g/mol. The number of fused-ring (bicyclic) bond motifs is 1. The molecule has 4 rings (SSSR count). The minimum Gasteiger partial charge on any atom is -0.496 e. The molecule has 0 saturated carbocycles. The van der Waals surface area contributed by atoms with Crippen LogP contribution in [0.5, 0.6) is 17.2 Å². The average Bonchev–Trinajstić information content (AvgIpc) is 2.72. The maximum absolute atomic E-state index is 12.9. The third kappa shape index (κ3) is 3.55. The van der Waals surface area contributed by atoms with E-state index in [1.165, 1.54) is 7.11 Å². The molecule has 1 saturated heterocycles. The number of hydrogen-bond donors (Lipinski definition) is 0. The number of carbonyl (C=O) groups is 2. The molecule has 152 valence electrons. The van der Waals surface area contributed by atoms with E-state index in [0.717, 1.165) is 5.56 Å². The molecule has 0 radical (unpaired) electrons. The molecule has 2 aliphatic rings. The molecule has 0 atom stereocenters. The first-order chi connectivity index (χ1) is 13.9. The zero-order valence-corrected chi connectivity index (χ0v) is 17.0. The van der Waals surface area contributed by atoms with E-state index in [2.05, 4.69) is 0 Å². The van der Waals surface area contributed by atoms with Crippen molar-refractivity contribution in [2.45, 2.75) is 31.8 Å². The van der Waals surface area contributed by atoms with Crippen LogP contribution in [0.4, 0.5) is 0 Å². The molecule has 6 nitrogen and oxygen atoms in total. The number of piperidine rings is 1. The molecule has 2 aliphatic heterocycles. The number of carbonyl (C=O) groups excluding carboxylic acids is 2. The number of aryl methyl sites for hydroxylation is 1. The Labute approximate surface area is 170 Å². The Kier molecular flexibility index (Phi) is 4.94. The molecule has 1 spiro atoms. The van der Waals surface area contributed by atoms with Crippen molar-refractivity contribution in [3.63, 3.8) is 0 Å². The van der Waals surface area contributed by atoms with E-state index in [0.29, 0.717) is 54.3 Å². The number of methoxy groups -OCH3 is 2. The molecule has 6 heteroatoms. The smallest absolute Gasteiger partial charge is 0.253 e. The minimum absolute atomic E-state index is 0.00390. The molecule has 1 amide bonds. The van der Waals surface area contributed by atoms with Crippen LogP contribution in [0.25, 0.3) is 0 Å². The molecule has 0 aliphatic carbocycles. The van der Waals surface area contributed by atoms with Crippen molar-refractivity contribution < 1.29 is 23.8 Å². The van der Waals surface area contributed by atoms with Gasteiger partial charge in [0.2, 0.25) is 0 Å². The monoisotopic (exact) mass is 395 g/mol. The minimum atomic E-state index is -0.592. The third-order valence-corrected chi connectivity index (χ3v) is 5.81. The maximum atomic E-state index is 12.9. The lowest BCUT2D eigenvalue weighted by atomic mass is 9.82. The van der Waals surface area contributed by atoms with Gasteiger partial charge in [0.05, 0.1) is 20.6 Å². The second-order valence-electron chi connectivity index (χ2n) is 7.75. The van der Waals surface area contributed by atoms with Crippen LogP contribution in [0.3, 0.4) is 0 Å². The van der Waals surface area contributed by atoms with Crippen LogP contribution in [0, 0.1) is 6.92 Å². The molecular formula is C23H25NO5. The summed E-state index contributed by atoms with van der Waals surface area (Å²) in [6, 6.07) is 11.1. The van der Waals surface area contributed by atoms with Gasteiger partial charge in [-0.25, -0.2) is 0 Å². The summed E-state index contributed by atoms with van der Waals surface area (Å²) in [5.74, 6) is 1.57.